The van der Waals surface area contributed by atoms with Crippen molar-refractivity contribution in [2.24, 2.45) is 0 Å². The summed E-state index contributed by atoms with van der Waals surface area (Å²) < 4.78 is 10.3. The van der Waals surface area contributed by atoms with Gasteiger partial charge in [-0.15, -0.1) is 0 Å². The van der Waals surface area contributed by atoms with Crippen LogP contribution in [-0.2, 0) is 9.53 Å². The molecule has 0 aromatic heterocycles. The van der Waals surface area contributed by atoms with Crippen molar-refractivity contribution in [2.75, 3.05) is 13.7 Å². The molecule has 1 saturated heterocycles. The smallest absolute Gasteiger partial charge is 0.323 e. The molecule has 1 fully saturated rings. The zero-order valence-electron chi connectivity index (χ0n) is 10.4. The van der Waals surface area contributed by atoms with Crippen LogP contribution in [0.1, 0.15) is 6.42 Å². The molecular formula is C12H14N2O5. The van der Waals surface area contributed by atoms with E-state index in [0.717, 1.165) is 0 Å². The maximum absolute atomic E-state index is 11.3. The zero-order chi connectivity index (χ0) is 13.8. The number of carbonyl (C=O) groups excluding carboxylic acids is 1. The first-order valence-corrected chi connectivity index (χ1v) is 5.82. The van der Waals surface area contributed by atoms with E-state index in [-0.39, 0.29) is 23.8 Å². The predicted octanol–water partition coefficient (Wildman–Crippen LogP) is 0.877. The number of non-ortho nitro benzene ring substituents is 1. The Morgan fingerprint density at radius 2 is 2.11 bits per heavy atom. The topological polar surface area (TPSA) is 90.7 Å². The molecule has 102 valence electrons. The molecule has 0 saturated carbocycles. The fourth-order valence-corrected chi connectivity index (χ4v) is 1.95. The summed E-state index contributed by atoms with van der Waals surface area (Å²) in [5, 5.41) is 13.5. The van der Waals surface area contributed by atoms with Crippen molar-refractivity contribution in [1.82, 2.24) is 5.32 Å². The fourth-order valence-electron chi connectivity index (χ4n) is 1.95. The number of hydrogen-bond acceptors (Lipinski definition) is 6. The molecule has 0 aliphatic carbocycles. The second-order valence-electron chi connectivity index (χ2n) is 4.21. The molecule has 2 atom stereocenters. The Bertz CT molecular complexity index is 474. The van der Waals surface area contributed by atoms with Gasteiger partial charge in [0, 0.05) is 25.1 Å². The van der Waals surface area contributed by atoms with Crippen molar-refractivity contribution < 1.29 is 19.2 Å². The quantitative estimate of drug-likeness (QED) is 0.494. The number of benzene rings is 1. The zero-order valence-corrected chi connectivity index (χ0v) is 10.4. The van der Waals surface area contributed by atoms with Crippen molar-refractivity contribution in [3.8, 4) is 5.75 Å². The van der Waals surface area contributed by atoms with Gasteiger partial charge < -0.3 is 14.8 Å². The number of methoxy groups -OCH3 is 1. The summed E-state index contributed by atoms with van der Waals surface area (Å²) in [4.78, 5) is 21.4. The second-order valence-corrected chi connectivity index (χ2v) is 4.21. The van der Waals surface area contributed by atoms with E-state index in [9.17, 15) is 14.9 Å². The average molecular weight is 266 g/mol. The Morgan fingerprint density at radius 1 is 1.42 bits per heavy atom. The molecule has 0 spiro atoms. The first-order valence-electron chi connectivity index (χ1n) is 5.82. The number of ether oxygens (including phenoxy) is 2. The van der Waals surface area contributed by atoms with E-state index >= 15 is 0 Å². The minimum absolute atomic E-state index is 0.0179. The van der Waals surface area contributed by atoms with Gasteiger partial charge in [0.05, 0.1) is 12.0 Å². The third-order valence-corrected chi connectivity index (χ3v) is 2.93. The lowest BCUT2D eigenvalue weighted by molar-refractivity contribution is -0.384. The van der Waals surface area contributed by atoms with E-state index < -0.39 is 4.92 Å². The largest absolute Gasteiger partial charge is 0.489 e. The van der Waals surface area contributed by atoms with Crippen molar-refractivity contribution >= 4 is 11.7 Å². The van der Waals surface area contributed by atoms with Crippen LogP contribution in [0.25, 0.3) is 0 Å². The van der Waals surface area contributed by atoms with Crippen LogP contribution in [0.2, 0.25) is 0 Å². The standard InChI is InChI=1S/C12H14N2O5/c1-18-12(15)11-6-10(7-13-11)19-9-4-2-8(3-5-9)14(16)17/h2-5,10-11,13H,6-7H2,1H3/t10-,11-/m0/s1. The van der Waals surface area contributed by atoms with Crippen molar-refractivity contribution in [3.63, 3.8) is 0 Å². The van der Waals surface area contributed by atoms with Crippen LogP contribution in [0, 0.1) is 10.1 Å². The second kappa shape index (κ2) is 5.66. The van der Waals surface area contributed by atoms with Gasteiger partial charge in [-0.3, -0.25) is 14.9 Å². The SMILES string of the molecule is COC(=O)[C@@H]1C[C@H](Oc2ccc([N+](=O)[O-])cc2)CN1. The molecule has 1 aliphatic rings. The van der Waals surface area contributed by atoms with E-state index in [4.69, 9.17) is 4.74 Å². The van der Waals surface area contributed by atoms with Gasteiger partial charge in [0.15, 0.2) is 0 Å². The maximum atomic E-state index is 11.3. The molecule has 0 radical (unpaired) electrons. The molecule has 1 aromatic rings. The first-order chi connectivity index (χ1) is 9.10. The number of carbonyl (C=O) groups is 1. The van der Waals surface area contributed by atoms with Crippen molar-refractivity contribution in [3.05, 3.63) is 34.4 Å². The van der Waals surface area contributed by atoms with Crippen LogP contribution in [0.4, 0.5) is 5.69 Å². The van der Waals surface area contributed by atoms with Crippen LogP contribution in [0.5, 0.6) is 5.75 Å². The molecule has 0 amide bonds. The molecule has 1 N–H and O–H groups in total. The first kappa shape index (κ1) is 13.3. The molecule has 19 heavy (non-hydrogen) atoms. The predicted molar refractivity (Wildman–Crippen MR) is 65.9 cm³/mol. The maximum Gasteiger partial charge on any atom is 0.323 e. The highest BCUT2D eigenvalue weighted by Crippen LogP contribution is 2.21. The molecule has 0 unspecified atom stereocenters. The highest BCUT2D eigenvalue weighted by molar-refractivity contribution is 5.76. The number of nitro benzene ring substituents is 1. The lowest BCUT2D eigenvalue weighted by Gasteiger charge is -2.12. The lowest BCUT2D eigenvalue weighted by atomic mass is 10.2. The molecule has 7 nitrogen and oxygen atoms in total. The highest BCUT2D eigenvalue weighted by Gasteiger charge is 2.31. The van der Waals surface area contributed by atoms with Gasteiger partial charge >= 0.3 is 5.97 Å². The number of nitrogens with one attached hydrogen (secondary N) is 1. The molecule has 1 aliphatic heterocycles. The Kier molecular flexibility index (Phi) is 3.96. The van der Waals surface area contributed by atoms with Crippen molar-refractivity contribution in [2.45, 2.75) is 18.6 Å². The minimum atomic E-state index is -0.464. The van der Waals surface area contributed by atoms with Gasteiger partial charge in [-0.05, 0) is 12.1 Å². The summed E-state index contributed by atoms with van der Waals surface area (Å²) in [5.41, 5.74) is 0.0179. The number of rotatable bonds is 4. The van der Waals surface area contributed by atoms with Crippen LogP contribution >= 0.6 is 0 Å². The summed E-state index contributed by atoms with van der Waals surface area (Å²) in [5.74, 6) is 0.234. The summed E-state index contributed by atoms with van der Waals surface area (Å²) in [7, 11) is 1.34. The summed E-state index contributed by atoms with van der Waals surface area (Å²) in [6.45, 7) is 0.538. The van der Waals surface area contributed by atoms with Crippen LogP contribution < -0.4 is 10.1 Å². The Balaban J connectivity index is 1.92. The van der Waals surface area contributed by atoms with Crippen LogP contribution in [0.15, 0.2) is 24.3 Å². The highest BCUT2D eigenvalue weighted by atomic mass is 16.6. The van der Waals surface area contributed by atoms with Gasteiger partial charge in [-0.25, -0.2) is 0 Å². The molecule has 1 heterocycles. The van der Waals surface area contributed by atoms with Gasteiger partial charge in [-0.1, -0.05) is 0 Å². The minimum Gasteiger partial charge on any atom is -0.489 e. The number of esters is 1. The Hall–Kier alpha value is -2.15. The number of hydrogen-bond donors (Lipinski definition) is 1. The van der Waals surface area contributed by atoms with E-state index in [1.54, 1.807) is 12.1 Å². The monoisotopic (exact) mass is 266 g/mol. The van der Waals surface area contributed by atoms with E-state index in [0.29, 0.717) is 18.7 Å². The summed E-state index contributed by atoms with van der Waals surface area (Å²) >= 11 is 0. The van der Waals surface area contributed by atoms with Crippen LogP contribution in [-0.4, -0.2) is 36.7 Å². The van der Waals surface area contributed by atoms with Gasteiger partial charge in [0.1, 0.15) is 17.9 Å². The van der Waals surface area contributed by atoms with E-state index in [1.165, 1.54) is 19.2 Å². The molecule has 2 rings (SSSR count). The van der Waals surface area contributed by atoms with E-state index in [1.807, 2.05) is 0 Å². The molecule has 7 heteroatoms. The number of nitro groups is 1. The molecule has 1 aromatic carbocycles. The van der Waals surface area contributed by atoms with Crippen molar-refractivity contribution in [1.29, 1.82) is 0 Å². The summed E-state index contributed by atoms with van der Waals surface area (Å²) in [6, 6.07) is 5.51. The lowest BCUT2D eigenvalue weighted by Crippen LogP contribution is -2.31. The normalized spacial score (nSPS) is 21.9. The molecule has 0 bridgehead atoms. The Labute approximate surface area is 109 Å². The third kappa shape index (κ3) is 3.19. The van der Waals surface area contributed by atoms with Gasteiger partial charge in [0.25, 0.3) is 5.69 Å². The van der Waals surface area contributed by atoms with Crippen LogP contribution in [0.3, 0.4) is 0 Å². The molecular weight excluding hydrogens is 252 g/mol. The number of nitrogens with zero attached hydrogens (tertiary/aromatic N) is 1. The summed E-state index contributed by atoms with van der Waals surface area (Å²) in [6.07, 6.45) is 0.370. The van der Waals surface area contributed by atoms with E-state index in [2.05, 4.69) is 10.1 Å². The fraction of sp³-hybridized carbons (Fsp3) is 0.417. The Morgan fingerprint density at radius 3 is 2.68 bits per heavy atom. The average Bonchev–Trinajstić information content (AvgIpc) is 2.87. The third-order valence-electron chi connectivity index (χ3n) is 2.93. The van der Waals surface area contributed by atoms with Gasteiger partial charge in [-0.2, -0.15) is 0 Å². The van der Waals surface area contributed by atoms with Gasteiger partial charge in [0.2, 0.25) is 0 Å².